The topological polar surface area (TPSA) is 95.0 Å². The van der Waals surface area contributed by atoms with Crippen molar-refractivity contribution in [3.8, 4) is 22.8 Å². The Bertz CT molecular complexity index is 1300. The third kappa shape index (κ3) is 3.85. The number of non-ortho nitro benzene ring substituents is 1. The van der Waals surface area contributed by atoms with Crippen LogP contribution in [-0.2, 0) is 11.3 Å². The van der Waals surface area contributed by atoms with Gasteiger partial charge < -0.3 is 13.9 Å². The molecule has 2 aliphatic heterocycles. The number of amides is 1. The molecule has 1 fully saturated rings. The first kappa shape index (κ1) is 20.3. The fourth-order valence-corrected chi connectivity index (χ4v) is 4.58. The van der Waals surface area contributed by atoms with Gasteiger partial charge in [0, 0.05) is 23.8 Å². The van der Waals surface area contributed by atoms with Gasteiger partial charge in [0.15, 0.2) is 11.5 Å². The standard InChI is InChI=1S/C22H14N2O6S2/c25-21-20(10-16-5-7-17(30-16)14-2-1-3-15(9-14)24(26)27)32-22(31)23(21)11-13-4-6-18-19(8-13)29-12-28-18/h1-10H,11-12H2/b20-10-. The third-order valence-corrected chi connectivity index (χ3v) is 6.27. The van der Waals surface area contributed by atoms with E-state index in [1.807, 2.05) is 18.2 Å². The van der Waals surface area contributed by atoms with Crippen LogP contribution in [0.1, 0.15) is 11.3 Å². The van der Waals surface area contributed by atoms with E-state index in [4.69, 9.17) is 26.1 Å². The Morgan fingerprint density at radius 3 is 2.81 bits per heavy atom. The van der Waals surface area contributed by atoms with Crippen LogP contribution in [0, 0.1) is 10.1 Å². The number of carbonyl (C=O) groups is 1. The van der Waals surface area contributed by atoms with Gasteiger partial charge in [-0.15, -0.1) is 0 Å². The predicted octanol–water partition coefficient (Wildman–Crippen LogP) is 4.98. The molecule has 2 aliphatic rings. The number of furan rings is 1. The summed E-state index contributed by atoms with van der Waals surface area (Å²) in [7, 11) is 0. The number of hydrogen-bond acceptors (Lipinski definition) is 8. The van der Waals surface area contributed by atoms with Crippen LogP contribution >= 0.6 is 24.0 Å². The molecule has 5 rings (SSSR count). The zero-order chi connectivity index (χ0) is 22.2. The van der Waals surface area contributed by atoms with Crippen molar-refractivity contribution in [1.82, 2.24) is 4.90 Å². The van der Waals surface area contributed by atoms with Crippen LogP contribution in [0.25, 0.3) is 17.4 Å². The molecule has 2 aromatic carbocycles. The number of thiocarbonyl (C=S) groups is 1. The van der Waals surface area contributed by atoms with E-state index in [-0.39, 0.29) is 18.4 Å². The van der Waals surface area contributed by atoms with Crippen molar-refractivity contribution in [2.45, 2.75) is 6.54 Å². The molecule has 3 heterocycles. The van der Waals surface area contributed by atoms with E-state index >= 15 is 0 Å². The lowest BCUT2D eigenvalue weighted by Crippen LogP contribution is -2.27. The molecule has 160 valence electrons. The van der Waals surface area contributed by atoms with Crippen molar-refractivity contribution in [3.63, 3.8) is 0 Å². The summed E-state index contributed by atoms with van der Waals surface area (Å²) in [4.78, 5) is 25.4. The predicted molar refractivity (Wildman–Crippen MR) is 122 cm³/mol. The maximum atomic E-state index is 12.9. The van der Waals surface area contributed by atoms with Crippen LogP contribution in [0.5, 0.6) is 11.5 Å². The summed E-state index contributed by atoms with van der Waals surface area (Å²) in [6.07, 6.45) is 1.62. The third-order valence-electron chi connectivity index (χ3n) is 4.89. The number of carbonyl (C=O) groups excluding carboxylic acids is 1. The molecule has 0 radical (unpaired) electrons. The lowest BCUT2D eigenvalue weighted by molar-refractivity contribution is -0.384. The Balaban J connectivity index is 1.34. The lowest BCUT2D eigenvalue weighted by atomic mass is 10.1. The van der Waals surface area contributed by atoms with Gasteiger partial charge in [-0.2, -0.15) is 0 Å². The Morgan fingerprint density at radius 1 is 1.12 bits per heavy atom. The van der Waals surface area contributed by atoms with Gasteiger partial charge in [0.05, 0.1) is 16.4 Å². The number of nitro benzene ring substituents is 1. The number of ether oxygens (including phenoxy) is 2. The minimum atomic E-state index is -0.459. The van der Waals surface area contributed by atoms with E-state index in [1.165, 1.54) is 28.8 Å². The molecule has 0 bridgehead atoms. The smallest absolute Gasteiger partial charge is 0.270 e. The summed E-state index contributed by atoms with van der Waals surface area (Å²) >= 11 is 6.60. The number of fused-ring (bicyclic) bond motifs is 1. The maximum Gasteiger partial charge on any atom is 0.270 e. The fourth-order valence-electron chi connectivity index (χ4n) is 3.35. The highest BCUT2D eigenvalue weighted by molar-refractivity contribution is 8.26. The van der Waals surface area contributed by atoms with Gasteiger partial charge in [0.25, 0.3) is 11.6 Å². The first-order valence-corrected chi connectivity index (χ1v) is 10.7. The number of nitro groups is 1. The summed E-state index contributed by atoms with van der Waals surface area (Å²) in [6, 6.07) is 15.1. The number of nitrogens with zero attached hydrogens (tertiary/aromatic N) is 2. The summed E-state index contributed by atoms with van der Waals surface area (Å²) in [6.45, 7) is 0.500. The average Bonchev–Trinajstić information content (AvgIpc) is 3.50. The molecular formula is C22H14N2O6S2. The van der Waals surface area contributed by atoms with Crippen molar-refractivity contribution in [2.75, 3.05) is 6.79 Å². The van der Waals surface area contributed by atoms with Crippen molar-refractivity contribution in [1.29, 1.82) is 0 Å². The van der Waals surface area contributed by atoms with Gasteiger partial charge >= 0.3 is 0 Å². The van der Waals surface area contributed by atoms with Crippen LogP contribution in [0.4, 0.5) is 5.69 Å². The lowest BCUT2D eigenvalue weighted by Gasteiger charge is -2.14. The molecule has 1 aromatic heterocycles. The van der Waals surface area contributed by atoms with Crippen molar-refractivity contribution >= 4 is 46.0 Å². The molecule has 0 atom stereocenters. The Hall–Kier alpha value is -3.63. The molecule has 1 saturated heterocycles. The minimum Gasteiger partial charge on any atom is -0.457 e. The SMILES string of the molecule is O=C1/C(=C/c2ccc(-c3cccc([N+](=O)[O-])c3)o2)SC(=S)N1Cc1ccc2c(c1)OCO2. The fraction of sp³-hybridized carbons (Fsp3) is 0.0909. The highest BCUT2D eigenvalue weighted by Gasteiger charge is 2.32. The van der Waals surface area contributed by atoms with Crippen LogP contribution < -0.4 is 9.47 Å². The van der Waals surface area contributed by atoms with Gasteiger partial charge in [0.1, 0.15) is 15.8 Å². The second kappa shape index (κ2) is 8.13. The number of rotatable bonds is 5. The number of hydrogen-bond donors (Lipinski definition) is 0. The Kier molecular flexibility index (Phi) is 5.16. The molecule has 10 heteroatoms. The normalized spacial score (nSPS) is 16.2. The van der Waals surface area contributed by atoms with Crippen LogP contribution in [0.3, 0.4) is 0 Å². The highest BCUT2D eigenvalue weighted by atomic mass is 32.2. The maximum absolute atomic E-state index is 12.9. The van der Waals surface area contributed by atoms with Crippen LogP contribution in [-0.4, -0.2) is 26.8 Å². The zero-order valence-corrected chi connectivity index (χ0v) is 18.0. The second-order valence-electron chi connectivity index (χ2n) is 6.96. The van der Waals surface area contributed by atoms with E-state index in [2.05, 4.69) is 0 Å². The largest absolute Gasteiger partial charge is 0.457 e. The van der Waals surface area contributed by atoms with Gasteiger partial charge in [-0.3, -0.25) is 19.8 Å². The second-order valence-corrected chi connectivity index (χ2v) is 8.64. The highest BCUT2D eigenvalue weighted by Crippen LogP contribution is 2.37. The Morgan fingerprint density at radius 2 is 1.97 bits per heavy atom. The van der Waals surface area contributed by atoms with Crippen LogP contribution in [0.2, 0.25) is 0 Å². The molecular weight excluding hydrogens is 452 g/mol. The minimum absolute atomic E-state index is 0.0233. The first-order chi connectivity index (χ1) is 15.5. The zero-order valence-electron chi connectivity index (χ0n) is 16.3. The van der Waals surface area contributed by atoms with E-state index in [9.17, 15) is 14.9 Å². The first-order valence-electron chi connectivity index (χ1n) is 9.46. The molecule has 0 saturated carbocycles. The van der Waals surface area contributed by atoms with Gasteiger partial charge in [-0.1, -0.05) is 42.2 Å². The summed E-state index contributed by atoms with van der Waals surface area (Å²) in [5.41, 5.74) is 1.43. The molecule has 0 spiro atoms. The van der Waals surface area contributed by atoms with Gasteiger partial charge in [0.2, 0.25) is 6.79 Å². The van der Waals surface area contributed by atoms with Gasteiger partial charge in [-0.25, -0.2) is 0 Å². The molecule has 0 aliphatic carbocycles. The number of benzene rings is 2. The van der Waals surface area contributed by atoms with E-state index in [1.54, 1.807) is 30.3 Å². The van der Waals surface area contributed by atoms with Crippen molar-refractivity contribution in [3.05, 3.63) is 80.9 Å². The van der Waals surface area contributed by atoms with E-state index in [0.717, 1.165) is 5.56 Å². The quantitative estimate of drug-likeness (QED) is 0.225. The Labute approximate surface area is 191 Å². The average molecular weight is 466 g/mol. The number of thioether (sulfide) groups is 1. The molecule has 0 N–H and O–H groups in total. The van der Waals surface area contributed by atoms with E-state index in [0.29, 0.717) is 44.4 Å². The molecule has 0 unspecified atom stereocenters. The summed E-state index contributed by atoms with van der Waals surface area (Å²) < 4.78 is 17.0. The van der Waals surface area contributed by atoms with E-state index < -0.39 is 4.92 Å². The van der Waals surface area contributed by atoms with Crippen molar-refractivity contribution < 1.29 is 23.6 Å². The van der Waals surface area contributed by atoms with Gasteiger partial charge in [-0.05, 0) is 29.8 Å². The molecule has 32 heavy (non-hydrogen) atoms. The monoisotopic (exact) mass is 466 g/mol. The molecule has 3 aromatic rings. The summed E-state index contributed by atoms with van der Waals surface area (Å²) in [5, 5.41) is 11.0. The van der Waals surface area contributed by atoms with Crippen molar-refractivity contribution in [2.24, 2.45) is 0 Å². The molecule has 8 nitrogen and oxygen atoms in total. The van der Waals surface area contributed by atoms with Crippen LogP contribution in [0.15, 0.2) is 63.9 Å². The summed E-state index contributed by atoms with van der Waals surface area (Å²) in [5.74, 6) is 2.03. The molecule has 1 amide bonds.